The molecule has 9 aromatic carbocycles. The van der Waals surface area contributed by atoms with Crippen LogP contribution in [0.3, 0.4) is 0 Å². The highest BCUT2D eigenvalue weighted by Crippen LogP contribution is 2.42. The van der Waals surface area contributed by atoms with E-state index in [1.54, 1.807) is 109 Å². The summed E-state index contributed by atoms with van der Waals surface area (Å²) in [6.45, 7) is 3.82. The largest absolute Gasteiger partial charge is 0.505 e. The molecule has 9 rings (SSSR count). The molecule has 0 aromatic heterocycles. The van der Waals surface area contributed by atoms with E-state index in [2.05, 4.69) is 31.1 Å². The molecule has 0 atom stereocenters. The lowest BCUT2D eigenvalue weighted by molar-refractivity contribution is 0.0725. The number of ether oxygens (including phenoxy) is 2. The molecule has 18 heteroatoms. The number of aryl methyl sites for hydroxylation is 2. The molecule has 9 aromatic rings. The fourth-order valence-electron chi connectivity index (χ4n) is 8.02. The summed E-state index contributed by atoms with van der Waals surface area (Å²) >= 11 is 24.5. The van der Waals surface area contributed by atoms with Crippen molar-refractivity contribution in [2.24, 2.45) is 20.5 Å². The number of nitrogens with zero attached hydrogens (tertiary/aromatic N) is 4. The van der Waals surface area contributed by atoms with Gasteiger partial charge in [-0.1, -0.05) is 121 Å². The number of hydrogen-bond acceptors (Lipinski definition) is 12. The molecule has 0 aliphatic carbocycles. The summed E-state index contributed by atoms with van der Waals surface area (Å²) in [5.74, 6) is -3.35. The monoisotopic (exact) mass is 1090 g/mol. The lowest BCUT2D eigenvalue weighted by Gasteiger charge is -2.13. The van der Waals surface area contributed by atoms with E-state index in [1.807, 2.05) is 13.8 Å². The predicted molar refractivity (Wildman–Crippen MR) is 296 cm³/mol. The normalized spacial score (nSPS) is 11.3. The van der Waals surface area contributed by atoms with Crippen LogP contribution < -0.4 is 20.1 Å². The van der Waals surface area contributed by atoms with Gasteiger partial charge in [0, 0.05) is 32.2 Å². The number of amides is 2. The molecule has 76 heavy (non-hydrogen) atoms. The number of fused-ring (bicyclic) bond motifs is 2. The van der Waals surface area contributed by atoms with Crippen LogP contribution in [0.25, 0.3) is 21.5 Å². The smallest absolute Gasteiger partial charge is 0.343 e. The molecule has 0 spiro atoms. The molecule has 0 unspecified atom stereocenters. The number of phenols is 2. The molecule has 0 fully saturated rings. The van der Waals surface area contributed by atoms with Crippen LogP contribution in [0.4, 0.5) is 34.1 Å². The predicted octanol–water partition coefficient (Wildman–Crippen LogP) is 16.9. The average Bonchev–Trinajstić information content (AvgIpc) is 3.42. The molecule has 2 amide bonds. The first kappa shape index (κ1) is 52.2. The number of benzene rings is 9. The van der Waals surface area contributed by atoms with Crippen LogP contribution in [0.15, 0.2) is 178 Å². The Morgan fingerprint density at radius 3 is 1.25 bits per heavy atom. The summed E-state index contributed by atoms with van der Waals surface area (Å²) in [6, 6.07) is 42.0. The molecule has 4 N–H and O–H groups in total. The first-order chi connectivity index (χ1) is 36.7. The van der Waals surface area contributed by atoms with Crippen molar-refractivity contribution < 1.29 is 38.9 Å². The van der Waals surface area contributed by atoms with Gasteiger partial charge in [-0.25, -0.2) is 9.59 Å². The van der Waals surface area contributed by atoms with E-state index in [0.29, 0.717) is 67.2 Å². The first-order valence-electron chi connectivity index (χ1n) is 23.3. The van der Waals surface area contributed by atoms with Crippen molar-refractivity contribution in [1.82, 2.24) is 0 Å². The Kier molecular flexibility index (Phi) is 15.7. The maximum atomic E-state index is 13.9. The topological polar surface area (TPSA) is 201 Å². The lowest BCUT2D eigenvalue weighted by atomic mass is 10.0. The van der Waals surface area contributed by atoms with Crippen LogP contribution in [0.5, 0.6) is 23.0 Å². The number of esters is 2. The molecule has 0 bridgehead atoms. The van der Waals surface area contributed by atoms with Crippen LogP contribution in [0.2, 0.25) is 20.1 Å². The Hall–Kier alpha value is -8.66. The molecule has 0 saturated heterocycles. The molecule has 0 saturated carbocycles. The number of carbonyl (C=O) groups excluding carboxylic acids is 4. The number of rotatable bonds is 14. The Bertz CT molecular complexity index is 3620. The number of azo groups is 2. The van der Waals surface area contributed by atoms with Gasteiger partial charge in [0.25, 0.3) is 11.8 Å². The van der Waals surface area contributed by atoms with Gasteiger partial charge >= 0.3 is 11.9 Å². The summed E-state index contributed by atoms with van der Waals surface area (Å²) < 4.78 is 11.0. The highest BCUT2D eigenvalue weighted by molar-refractivity contribution is 6.36. The molecule has 0 aliphatic rings. The summed E-state index contributed by atoms with van der Waals surface area (Å²) in [6.07, 6.45) is 1.07. The number of anilines is 2. The second-order valence-electron chi connectivity index (χ2n) is 16.9. The van der Waals surface area contributed by atoms with E-state index >= 15 is 0 Å². The number of nitrogens with one attached hydrogen (secondary N) is 2. The van der Waals surface area contributed by atoms with E-state index in [1.165, 1.54) is 48.5 Å². The van der Waals surface area contributed by atoms with Crippen molar-refractivity contribution in [3.63, 3.8) is 0 Å². The van der Waals surface area contributed by atoms with Gasteiger partial charge in [-0.15, -0.1) is 10.2 Å². The summed E-state index contributed by atoms with van der Waals surface area (Å²) in [7, 11) is 0. The molecule has 0 heterocycles. The minimum absolute atomic E-state index is 0.0182. The third-order valence-electron chi connectivity index (χ3n) is 12.0. The van der Waals surface area contributed by atoms with Crippen molar-refractivity contribution in [3.05, 3.63) is 211 Å². The maximum Gasteiger partial charge on any atom is 0.343 e. The Labute approximate surface area is 454 Å². The molecule has 0 radical (unpaired) electrons. The second kappa shape index (κ2) is 22.8. The molecule has 0 aliphatic heterocycles. The zero-order chi connectivity index (χ0) is 53.6. The van der Waals surface area contributed by atoms with Gasteiger partial charge in [-0.3, -0.25) is 9.59 Å². The van der Waals surface area contributed by atoms with E-state index in [9.17, 15) is 29.4 Å². The minimum Gasteiger partial charge on any atom is -0.505 e. The zero-order valence-electron chi connectivity index (χ0n) is 40.1. The Balaban J connectivity index is 0.924. The fourth-order valence-corrected chi connectivity index (χ4v) is 8.92. The standard InChI is InChI=1S/C58H40Cl4N6O8/c1-3-31-13-15-35(57(73)75-49-23-17-37(59)29-45(49)61)27-47(31)65-67-51-41-11-7-5-9-33(41)25-43(53(51)69)55(71)63-39-19-21-40(22-20-39)64-56(72)44-26-34-10-6-8-12-42(34)52(54(44)70)68-66-48-28-36(16-14-32(48)4-2)58(74)76-50-24-18-38(60)30-46(50)62/h5-30,69-70H,3-4H2,1-2H3,(H,63,71)(H,64,72). The van der Waals surface area contributed by atoms with Gasteiger partial charge in [0.1, 0.15) is 22.9 Å². The van der Waals surface area contributed by atoms with Gasteiger partial charge < -0.3 is 30.3 Å². The molecular weight excluding hydrogens is 1050 g/mol. The van der Waals surface area contributed by atoms with Crippen LogP contribution >= 0.6 is 46.4 Å². The van der Waals surface area contributed by atoms with Gasteiger partial charge in [-0.05, 0) is 132 Å². The van der Waals surface area contributed by atoms with E-state index in [-0.39, 0.29) is 55.2 Å². The number of halogens is 4. The maximum absolute atomic E-state index is 13.9. The highest BCUT2D eigenvalue weighted by atomic mass is 35.5. The van der Waals surface area contributed by atoms with E-state index in [4.69, 9.17) is 55.9 Å². The van der Waals surface area contributed by atoms with Crippen molar-refractivity contribution in [2.75, 3.05) is 10.6 Å². The van der Waals surface area contributed by atoms with Gasteiger partial charge in [0.15, 0.2) is 11.5 Å². The van der Waals surface area contributed by atoms with E-state index in [0.717, 1.165) is 11.1 Å². The van der Waals surface area contributed by atoms with Crippen LogP contribution in [-0.2, 0) is 12.8 Å². The number of aromatic hydroxyl groups is 2. The zero-order valence-corrected chi connectivity index (χ0v) is 43.1. The SMILES string of the molecule is CCc1ccc(C(=O)Oc2ccc(Cl)cc2Cl)cc1N=Nc1c(O)c(C(=O)Nc2ccc(NC(=O)c3cc4ccccc4c(N=Nc4cc(C(=O)Oc5ccc(Cl)cc5Cl)ccc4CC)c3O)cc2)cc2ccccc12. The first-order valence-corrected chi connectivity index (χ1v) is 24.8. The lowest BCUT2D eigenvalue weighted by Crippen LogP contribution is -2.13. The fraction of sp³-hybridized carbons (Fsp3) is 0.0690. The van der Waals surface area contributed by atoms with Crippen LogP contribution in [-0.4, -0.2) is 34.0 Å². The van der Waals surface area contributed by atoms with Crippen LogP contribution in [0.1, 0.15) is 66.4 Å². The molecule has 14 nitrogen and oxygen atoms in total. The number of carbonyl (C=O) groups is 4. The van der Waals surface area contributed by atoms with Crippen molar-refractivity contribution in [2.45, 2.75) is 26.7 Å². The third-order valence-corrected chi connectivity index (χ3v) is 13.1. The summed E-state index contributed by atoms with van der Waals surface area (Å²) in [4.78, 5) is 54.2. The average molecular weight is 1090 g/mol. The van der Waals surface area contributed by atoms with Gasteiger partial charge in [-0.2, -0.15) is 10.2 Å². The molecule has 378 valence electrons. The minimum atomic E-state index is -0.694. The second-order valence-corrected chi connectivity index (χ2v) is 18.6. The van der Waals surface area contributed by atoms with Crippen molar-refractivity contribution in [1.29, 1.82) is 0 Å². The van der Waals surface area contributed by atoms with E-state index < -0.39 is 35.3 Å². The Morgan fingerprint density at radius 1 is 0.474 bits per heavy atom. The number of hydrogen-bond donors (Lipinski definition) is 4. The molecular formula is C58H40Cl4N6O8. The summed E-state index contributed by atoms with van der Waals surface area (Å²) in [5.41, 5.74) is 2.98. The quantitative estimate of drug-likeness (QED) is 0.0468. The summed E-state index contributed by atoms with van der Waals surface area (Å²) in [5, 5.41) is 49.9. The number of phenolic OH excluding ortho intramolecular Hbond substituents is 2. The van der Waals surface area contributed by atoms with Crippen LogP contribution in [0, 0.1) is 0 Å². The van der Waals surface area contributed by atoms with Gasteiger partial charge in [0.05, 0.1) is 43.7 Å². The van der Waals surface area contributed by atoms with Crippen molar-refractivity contribution in [3.8, 4) is 23.0 Å². The van der Waals surface area contributed by atoms with Crippen molar-refractivity contribution >= 4 is 126 Å². The highest BCUT2D eigenvalue weighted by Gasteiger charge is 2.22. The Morgan fingerprint density at radius 2 is 0.868 bits per heavy atom. The van der Waals surface area contributed by atoms with Gasteiger partial charge in [0.2, 0.25) is 0 Å². The third kappa shape index (κ3) is 11.5.